The highest BCUT2D eigenvalue weighted by Crippen LogP contribution is 2.29. The van der Waals surface area contributed by atoms with E-state index in [0.29, 0.717) is 21.5 Å². The molecule has 0 atom stereocenters. The van der Waals surface area contributed by atoms with Crippen LogP contribution in [-0.4, -0.2) is 35.0 Å². The summed E-state index contributed by atoms with van der Waals surface area (Å²) in [4.78, 5) is 37.9. The lowest BCUT2D eigenvalue weighted by molar-refractivity contribution is -0.137. The first-order valence-corrected chi connectivity index (χ1v) is 9.29. The second kappa shape index (κ2) is 6.77. The van der Waals surface area contributed by atoms with E-state index < -0.39 is 11.8 Å². The summed E-state index contributed by atoms with van der Waals surface area (Å²) >= 11 is 7.49. The molecule has 27 heavy (non-hydrogen) atoms. The minimum absolute atomic E-state index is 0.0593. The van der Waals surface area contributed by atoms with Gasteiger partial charge in [-0.3, -0.25) is 19.3 Å². The maximum Gasteiger partial charge on any atom is 0.277 e. The van der Waals surface area contributed by atoms with Gasteiger partial charge in [-0.1, -0.05) is 11.6 Å². The number of imide groups is 1. The molecule has 6 nitrogen and oxygen atoms in total. The fourth-order valence-electron chi connectivity index (χ4n) is 2.97. The van der Waals surface area contributed by atoms with Gasteiger partial charge >= 0.3 is 0 Å². The number of hydrogen-bond donors (Lipinski definition) is 2. The summed E-state index contributed by atoms with van der Waals surface area (Å²) in [6.45, 7) is -0.360. The molecule has 136 valence electrons. The number of β-amino-alcohol motifs (C(OH)–C–C–N with tert-alkyl or cyclic N) is 1. The molecule has 0 saturated heterocycles. The quantitative estimate of drug-likeness (QED) is 0.519. The van der Waals surface area contributed by atoms with Gasteiger partial charge in [0, 0.05) is 37.0 Å². The lowest BCUT2D eigenvalue weighted by Gasteiger charge is -2.13. The Balaban J connectivity index is 1.74. The number of benzene rings is 2. The Morgan fingerprint density at radius 3 is 2.48 bits per heavy atom. The molecule has 1 aliphatic heterocycles. The molecule has 0 radical (unpaired) electrons. The van der Waals surface area contributed by atoms with Crippen molar-refractivity contribution in [1.82, 2.24) is 4.90 Å². The van der Waals surface area contributed by atoms with Crippen molar-refractivity contribution in [3.8, 4) is 0 Å². The Labute approximate surface area is 162 Å². The third kappa shape index (κ3) is 3.10. The number of fused-ring (bicyclic) bond motifs is 2. The number of amides is 2. The van der Waals surface area contributed by atoms with Crippen LogP contribution < -0.4 is 10.7 Å². The van der Waals surface area contributed by atoms with E-state index in [9.17, 15) is 14.4 Å². The Kier molecular flexibility index (Phi) is 4.43. The van der Waals surface area contributed by atoms with Gasteiger partial charge in [-0.05, 0) is 36.4 Å². The van der Waals surface area contributed by atoms with Crippen LogP contribution in [0, 0.1) is 0 Å². The van der Waals surface area contributed by atoms with Crippen molar-refractivity contribution in [2.24, 2.45) is 0 Å². The molecule has 2 heterocycles. The minimum Gasteiger partial charge on any atom is -0.395 e. The van der Waals surface area contributed by atoms with Crippen molar-refractivity contribution in [2.75, 3.05) is 18.5 Å². The number of anilines is 1. The second-order valence-electron chi connectivity index (χ2n) is 5.98. The van der Waals surface area contributed by atoms with Crippen molar-refractivity contribution < 1.29 is 14.7 Å². The average Bonchev–Trinajstić information content (AvgIpc) is 2.91. The standard InChI is InChI=1S/C19H13ClN2O4S/c20-10-1-3-15-12(7-10)18(25)13-8-11(2-4-16(13)27-15)21-14-9-17(24)22(5-6-23)19(14)26/h1-4,7-9,21,23H,5-6H2. The topological polar surface area (TPSA) is 86.7 Å². The number of aliphatic hydroxyl groups excluding tert-OH is 1. The number of rotatable bonds is 4. The number of nitrogens with one attached hydrogen (secondary N) is 1. The number of halogens is 1. The van der Waals surface area contributed by atoms with Crippen LogP contribution in [0.1, 0.15) is 0 Å². The molecule has 0 saturated carbocycles. The molecule has 4 rings (SSSR count). The lowest BCUT2D eigenvalue weighted by Crippen LogP contribution is -2.34. The molecule has 0 fully saturated rings. The summed E-state index contributed by atoms with van der Waals surface area (Å²) in [6.07, 6.45) is 1.18. The van der Waals surface area contributed by atoms with Crippen LogP contribution in [0.15, 0.2) is 53.0 Å². The SMILES string of the molecule is O=C1C=C(Nc2ccc3sc4ccc(Cl)cc4c(=O)c3c2)C(=O)N1CCO. The highest BCUT2D eigenvalue weighted by molar-refractivity contribution is 7.24. The van der Waals surface area contributed by atoms with Gasteiger partial charge in [0.2, 0.25) is 0 Å². The molecular weight excluding hydrogens is 388 g/mol. The van der Waals surface area contributed by atoms with Gasteiger partial charge in [-0.15, -0.1) is 11.3 Å². The molecule has 2 N–H and O–H groups in total. The zero-order chi connectivity index (χ0) is 19.1. The van der Waals surface area contributed by atoms with E-state index in [-0.39, 0.29) is 24.3 Å². The number of nitrogens with zero attached hydrogens (tertiary/aromatic N) is 1. The largest absolute Gasteiger partial charge is 0.395 e. The van der Waals surface area contributed by atoms with Crippen molar-refractivity contribution >= 4 is 60.6 Å². The Hall–Kier alpha value is -2.74. The Bertz CT molecular complexity index is 1200. The predicted octanol–water partition coefficient (Wildman–Crippen LogP) is 2.73. The smallest absolute Gasteiger partial charge is 0.277 e. The highest BCUT2D eigenvalue weighted by Gasteiger charge is 2.30. The summed E-state index contributed by atoms with van der Waals surface area (Å²) in [5, 5.41) is 13.4. The van der Waals surface area contributed by atoms with Crippen molar-refractivity contribution in [1.29, 1.82) is 0 Å². The van der Waals surface area contributed by atoms with Crippen LogP contribution in [0.4, 0.5) is 5.69 Å². The van der Waals surface area contributed by atoms with E-state index in [1.54, 1.807) is 30.3 Å². The van der Waals surface area contributed by atoms with Gasteiger partial charge in [0.1, 0.15) is 5.70 Å². The van der Waals surface area contributed by atoms with E-state index in [0.717, 1.165) is 14.3 Å². The molecule has 1 aromatic heterocycles. The van der Waals surface area contributed by atoms with Crippen molar-refractivity contribution in [2.45, 2.75) is 0 Å². The average molecular weight is 401 g/mol. The van der Waals surface area contributed by atoms with E-state index in [1.165, 1.54) is 17.4 Å². The van der Waals surface area contributed by atoms with Gasteiger partial charge in [0.25, 0.3) is 11.8 Å². The molecule has 8 heteroatoms. The summed E-state index contributed by atoms with van der Waals surface area (Å²) in [7, 11) is 0. The summed E-state index contributed by atoms with van der Waals surface area (Å²) in [5.41, 5.74) is 0.480. The molecule has 2 aromatic carbocycles. The summed E-state index contributed by atoms with van der Waals surface area (Å²) in [5.74, 6) is -0.991. The van der Waals surface area contributed by atoms with Crippen LogP contribution in [0.5, 0.6) is 0 Å². The maximum atomic E-state index is 12.8. The summed E-state index contributed by atoms with van der Waals surface area (Å²) < 4.78 is 1.65. The molecular formula is C19H13ClN2O4S. The van der Waals surface area contributed by atoms with Crippen LogP contribution in [0.2, 0.25) is 5.02 Å². The van der Waals surface area contributed by atoms with Crippen LogP contribution >= 0.6 is 22.9 Å². The predicted molar refractivity (Wildman–Crippen MR) is 106 cm³/mol. The Morgan fingerprint density at radius 2 is 1.74 bits per heavy atom. The molecule has 2 amide bonds. The fraction of sp³-hybridized carbons (Fsp3) is 0.105. The summed E-state index contributed by atoms with van der Waals surface area (Å²) in [6, 6.07) is 10.4. The first-order valence-electron chi connectivity index (χ1n) is 8.09. The number of hydrogen-bond acceptors (Lipinski definition) is 6. The number of carbonyl (C=O) groups excluding carboxylic acids is 2. The normalized spacial score (nSPS) is 14.3. The van der Waals surface area contributed by atoms with Crippen molar-refractivity contribution in [3.05, 3.63) is 63.4 Å². The zero-order valence-corrected chi connectivity index (χ0v) is 15.4. The third-order valence-corrected chi connectivity index (χ3v) is 5.63. The highest BCUT2D eigenvalue weighted by atomic mass is 35.5. The molecule has 0 aliphatic carbocycles. The van der Waals surface area contributed by atoms with Gasteiger partial charge in [0.05, 0.1) is 13.2 Å². The van der Waals surface area contributed by atoms with E-state index >= 15 is 0 Å². The van der Waals surface area contributed by atoms with E-state index in [4.69, 9.17) is 16.7 Å². The van der Waals surface area contributed by atoms with Crippen molar-refractivity contribution in [3.63, 3.8) is 0 Å². The fourth-order valence-corrected chi connectivity index (χ4v) is 4.18. The van der Waals surface area contributed by atoms with Crippen LogP contribution in [-0.2, 0) is 9.59 Å². The van der Waals surface area contributed by atoms with Gasteiger partial charge < -0.3 is 10.4 Å². The van der Waals surface area contributed by atoms with Gasteiger partial charge in [-0.2, -0.15) is 0 Å². The number of aliphatic hydroxyl groups is 1. The van der Waals surface area contributed by atoms with Crippen LogP contribution in [0.3, 0.4) is 0 Å². The van der Waals surface area contributed by atoms with Gasteiger partial charge in [0.15, 0.2) is 5.43 Å². The van der Waals surface area contributed by atoms with E-state index in [2.05, 4.69) is 5.32 Å². The first kappa shape index (κ1) is 17.7. The van der Waals surface area contributed by atoms with E-state index in [1.807, 2.05) is 6.07 Å². The van der Waals surface area contributed by atoms with Gasteiger partial charge in [-0.25, -0.2) is 0 Å². The molecule has 3 aromatic rings. The second-order valence-corrected chi connectivity index (χ2v) is 7.50. The molecule has 0 bridgehead atoms. The van der Waals surface area contributed by atoms with Crippen LogP contribution in [0.25, 0.3) is 20.2 Å². The lowest BCUT2D eigenvalue weighted by atomic mass is 10.1. The Morgan fingerprint density at radius 1 is 1.04 bits per heavy atom. The molecule has 1 aliphatic rings. The third-order valence-electron chi connectivity index (χ3n) is 4.24. The maximum absolute atomic E-state index is 12.8. The molecule has 0 unspecified atom stereocenters. The zero-order valence-electron chi connectivity index (χ0n) is 13.9. The first-order chi connectivity index (χ1) is 13.0. The molecule has 0 spiro atoms. The minimum atomic E-state index is -0.510. The monoisotopic (exact) mass is 400 g/mol. The number of carbonyl (C=O) groups is 2.